The number of fused-ring (bicyclic) bond motifs is 3. The van der Waals surface area contributed by atoms with Crippen LogP contribution < -0.4 is 16.1 Å². The molecule has 0 unspecified atom stereocenters. The first-order chi connectivity index (χ1) is 17.8. The van der Waals surface area contributed by atoms with Gasteiger partial charge in [0.2, 0.25) is 0 Å². The summed E-state index contributed by atoms with van der Waals surface area (Å²) in [6.07, 6.45) is 3.18. The van der Waals surface area contributed by atoms with Crippen LogP contribution in [-0.2, 0) is 16.1 Å². The maximum absolute atomic E-state index is 13.7. The zero-order valence-corrected chi connectivity index (χ0v) is 21.1. The number of hydrogen-bond acceptors (Lipinski definition) is 6. The van der Waals surface area contributed by atoms with E-state index in [9.17, 15) is 24.3 Å². The average Bonchev–Trinajstić information content (AvgIpc) is 3.16. The van der Waals surface area contributed by atoms with Crippen molar-refractivity contribution in [3.05, 3.63) is 108 Å². The van der Waals surface area contributed by atoms with Crippen molar-refractivity contribution in [1.29, 1.82) is 0 Å². The van der Waals surface area contributed by atoms with Crippen LogP contribution >= 0.6 is 15.9 Å². The average molecular weight is 562 g/mol. The third-order valence-electron chi connectivity index (χ3n) is 7.14. The van der Waals surface area contributed by atoms with Crippen LogP contribution in [0, 0.1) is 0 Å². The lowest BCUT2D eigenvalue weighted by atomic mass is 9.68. The van der Waals surface area contributed by atoms with Crippen molar-refractivity contribution in [3.8, 4) is 17.2 Å². The van der Waals surface area contributed by atoms with Gasteiger partial charge in [-0.1, -0.05) is 30.3 Å². The van der Waals surface area contributed by atoms with Gasteiger partial charge in [0.1, 0.15) is 11.5 Å². The number of halogens is 1. The number of allylic oxidation sites excluding steroid dienone is 6. The SMILES string of the molecule is COc1cc(O)ccc1[C@H]1C2=CCn3c(=O)n(-c4ccccc4)c(=O)n3[C@@H]2CC2=C1C(=O)C=C(Br)C2=O. The molecule has 0 fully saturated rings. The summed E-state index contributed by atoms with van der Waals surface area (Å²) in [6, 6.07) is 12.5. The monoisotopic (exact) mass is 561 g/mol. The molecule has 1 aliphatic heterocycles. The molecular weight excluding hydrogens is 542 g/mol. The van der Waals surface area contributed by atoms with Gasteiger partial charge in [0.05, 0.1) is 29.9 Å². The molecule has 0 bridgehead atoms. The minimum absolute atomic E-state index is 0.0153. The predicted octanol–water partition coefficient (Wildman–Crippen LogP) is 2.91. The van der Waals surface area contributed by atoms with Gasteiger partial charge in [-0.25, -0.2) is 23.5 Å². The molecule has 2 aliphatic carbocycles. The fraction of sp³-hybridized carbons (Fsp3) is 0.185. The molecule has 10 heteroatoms. The number of ketones is 2. The van der Waals surface area contributed by atoms with Crippen molar-refractivity contribution in [1.82, 2.24) is 13.9 Å². The summed E-state index contributed by atoms with van der Waals surface area (Å²) in [4.78, 5) is 53.6. The van der Waals surface area contributed by atoms with E-state index in [4.69, 9.17) is 4.74 Å². The van der Waals surface area contributed by atoms with Gasteiger partial charge >= 0.3 is 11.4 Å². The van der Waals surface area contributed by atoms with Crippen LogP contribution in [0.3, 0.4) is 0 Å². The van der Waals surface area contributed by atoms with Gasteiger partial charge in [-0.05, 0) is 39.7 Å². The van der Waals surface area contributed by atoms with Gasteiger partial charge in [-0.3, -0.25) is 9.59 Å². The summed E-state index contributed by atoms with van der Waals surface area (Å²) in [7, 11) is 1.45. The van der Waals surface area contributed by atoms with E-state index < -0.39 is 23.3 Å². The van der Waals surface area contributed by atoms with E-state index in [0.29, 0.717) is 28.1 Å². The summed E-state index contributed by atoms with van der Waals surface area (Å²) < 4.78 is 9.54. The van der Waals surface area contributed by atoms with Crippen LogP contribution in [0.5, 0.6) is 11.5 Å². The van der Waals surface area contributed by atoms with E-state index in [0.717, 1.165) is 4.57 Å². The molecule has 186 valence electrons. The third kappa shape index (κ3) is 3.36. The highest BCUT2D eigenvalue weighted by Gasteiger charge is 2.45. The minimum atomic E-state index is -0.714. The van der Waals surface area contributed by atoms with Gasteiger partial charge in [0.25, 0.3) is 0 Å². The fourth-order valence-electron chi connectivity index (χ4n) is 5.57. The summed E-state index contributed by atoms with van der Waals surface area (Å²) in [5.41, 5.74) is 1.29. The van der Waals surface area contributed by atoms with Crippen LogP contribution in [0.25, 0.3) is 5.69 Å². The van der Waals surface area contributed by atoms with Gasteiger partial charge in [-0.15, -0.1) is 0 Å². The first-order valence-corrected chi connectivity index (χ1v) is 12.4. The van der Waals surface area contributed by atoms with Crippen molar-refractivity contribution in [2.45, 2.75) is 24.9 Å². The molecule has 2 atom stereocenters. The Bertz CT molecular complexity index is 1720. The van der Waals surface area contributed by atoms with E-state index in [1.54, 1.807) is 36.4 Å². The van der Waals surface area contributed by atoms with E-state index in [1.807, 2.05) is 6.08 Å². The molecule has 2 heterocycles. The van der Waals surface area contributed by atoms with Crippen molar-refractivity contribution in [3.63, 3.8) is 0 Å². The van der Waals surface area contributed by atoms with Crippen LogP contribution in [0.15, 0.2) is 91.5 Å². The standard InChI is InChI=1S/C27H20BrN3O6/c1-37-22-11-15(32)7-8-17(22)23-16-9-10-29-26(35)30(14-5-3-2-4-6-14)27(36)31(29)20(16)12-18-24(23)21(33)13-19(28)25(18)34/h2-9,11,13,20,23,32H,10,12H2,1H3/t20-,23-/m1/s1. The largest absolute Gasteiger partial charge is 0.508 e. The molecule has 3 aliphatic rings. The Morgan fingerprint density at radius 1 is 1.03 bits per heavy atom. The van der Waals surface area contributed by atoms with E-state index in [-0.39, 0.29) is 40.3 Å². The Labute approximate surface area is 218 Å². The lowest BCUT2D eigenvalue weighted by Crippen LogP contribution is -2.40. The van der Waals surface area contributed by atoms with E-state index in [2.05, 4.69) is 15.9 Å². The smallest absolute Gasteiger partial charge is 0.352 e. The molecule has 0 radical (unpaired) electrons. The zero-order chi connectivity index (χ0) is 26.0. The number of rotatable bonds is 3. The molecule has 2 aromatic carbocycles. The van der Waals surface area contributed by atoms with Crippen molar-refractivity contribution in [2.75, 3.05) is 7.11 Å². The number of aromatic hydroxyl groups is 1. The van der Waals surface area contributed by atoms with Crippen molar-refractivity contribution < 1.29 is 19.4 Å². The second-order valence-corrected chi connectivity index (χ2v) is 9.88. The number of nitrogens with zero attached hydrogens (tertiary/aromatic N) is 3. The third-order valence-corrected chi connectivity index (χ3v) is 7.73. The molecule has 3 aromatic rings. The molecule has 6 rings (SSSR count). The molecule has 0 spiro atoms. The number of aromatic nitrogens is 3. The van der Waals surface area contributed by atoms with Crippen LogP contribution in [0.2, 0.25) is 0 Å². The number of carbonyl (C=O) groups excluding carboxylic acids is 2. The second-order valence-electron chi connectivity index (χ2n) is 9.02. The Hall–Kier alpha value is -4.18. The first-order valence-electron chi connectivity index (χ1n) is 11.6. The number of phenolic OH excluding ortho intramolecular Hbond substituents is 1. The van der Waals surface area contributed by atoms with Gasteiger partial charge in [0.15, 0.2) is 11.6 Å². The topological polar surface area (TPSA) is 113 Å². The Kier molecular flexibility index (Phi) is 5.30. The Morgan fingerprint density at radius 2 is 1.78 bits per heavy atom. The number of carbonyl (C=O) groups is 2. The number of methoxy groups -OCH3 is 1. The maximum Gasteiger partial charge on any atom is 0.352 e. The maximum atomic E-state index is 13.7. The predicted molar refractivity (Wildman–Crippen MR) is 137 cm³/mol. The van der Waals surface area contributed by atoms with Gasteiger partial charge in [0, 0.05) is 41.2 Å². The zero-order valence-electron chi connectivity index (χ0n) is 19.6. The highest BCUT2D eigenvalue weighted by atomic mass is 79.9. The van der Waals surface area contributed by atoms with Crippen molar-refractivity contribution >= 4 is 27.5 Å². The Morgan fingerprint density at radius 3 is 2.51 bits per heavy atom. The summed E-state index contributed by atoms with van der Waals surface area (Å²) in [5.74, 6) is -1.05. The fourth-order valence-corrected chi connectivity index (χ4v) is 6.02. The number of Topliss-reactive ketones (excluding diaryl/α,β-unsaturated/α-hetero) is 1. The van der Waals surface area contributed by atoms with E-state index >= 15 is 0 Å². The summed E-state index contributed by atoms with van der Waals surface area (Å²) >= 11 is 3.21. The van der Waals surface area contributed by atoms with E-state index in [1.165, 1.54) is 34.7 Å². The normalized spacial score (nSPS) is 20.6. The van der Waals surface area contributed by atoms with Crippen LogP contribution in [-0.4, -0.2) is 37.7 Å². The first kappa shape index (κ1) is 23.2. The number of hydrogen-bond donors (Lipinski definition) is 1. The van der Waals surface area contributed by atoms with Gasteiger partial charge < -0.3 is 9.84 Å². The number of para-hydroxylation sites is 1. The molecule has 0 amide bonds. The molecule has 0 saturated carbocycles. The van der Waals surface area contributed by atoms with Crippen LogP contribution in [0.4, 0.5) is 0 Å². The lowest BCUT2D eigenvalue weighted by molar-refractivity contribution is -0.115. The van der Waals surface area contributed by atoms with Gasteiger partial charge in [-0.2, -0.15) is 0 Å². The molecule has 9 nitrogen and oxygen atoms in total. The highest BCUT2D eigenvalue weighted by Crippen LogP contribution is 2.52. The summed E-state index contributed by atoms with van der Waals surface area (Å²) in [5, 5.41) is 10.0. The number of ether oxygens (including phenoxy) is 1. The molecule has 37 heavy (non-hydrogen) atoms. The van der Waals surface area contributed by atoms with Crippen LogP contribution in [0.1, 0.15) is 23.9 Å². The quantitative estimate of drug-likeness (QED) is 0.388. The number of benzene rings is 2. The molecule has 1 N–H and O–H groups in total. The minimum Gasteiger partial charge on any atom is -0.508 e. The molecular formula is C27H20BrN3O6. The second kappa shape index (κ2) is 8.45. The number of phenols is 1. The molecule has 1 aromatic heterocycles. The Balaban J connectivity index is 1.61. The lowest BCUT2D eigenvalue weighted by Gasteiger charge is -2.39. The highest BCUT2D eigenvalue weighted by molar-refractivity contribution is 9.12. The van der Waals surface area contributed by atoms with Crippen molar-refractivity contribution in [2.24, 2.45) is 0 Å². The molecule has 0 saturated heterocycles. The summed E-state index contributed by atoms with van der Waals surface area (Å²) in [6.45, 7) is 0.112.